The van der Waals surface area contributed by atoms with Gasteiger partial charge in [0.1, 0.15) is 11.8 Å². The van der Waals surface area contributed by atoms with E-state index in [0.29, 0.717) is 11.3 Å². The Hall–Kier alpha value is -1.26. The second-order valence-electron chi connectivity index (χ2n) is 2.74. The first kappa shape index (κ1) is 13.7. The number of esters is 1. The highest BCUT2D eigenvalue weighted by atomic mass is 35.5. The smallest absolute Gasteiger partial charge is 0.327 e. The van der Waals surface area contributed by atoms with Crippen molar-refractivity contribution in [2.45, 2.75) is 6.04 Å². The molecule has 0 amide bonds. The third kappa shape index (κ3) is 3.11. The fourth-order valence-corrected chi connectivity index (χ4v) is 1.18. The Kier molecular flexibility index (Phi) is 5.74. The first-order valence-electron chi connectivity index (χ1n) is 4.17. The number of hydrogen-bond acceptors (Lipinski definition) is 4. The van der Waals surface area contributed by atoms with Crippen molar-refractivity contribution in [2.24, 2.45) is 5.73 Å². The molecule has 0 fully saturated rings. The van der Waals surface area contributed by atoms with Crippen LogP contribution >= 0.6 is 12.4 Å². The largest absolute Gasteiger partial charge is 0.496 e. The normalized spacial score (nSPS) is 11.1. The van der Waals surface area contributed by atoms with Crippen molar-refractivity contribution >= 4 is 18.4 Å². The summed E-state index contributed by atoms with van der Waals surface area (Å²) in [6, 6.07) is 6.29. The van der Waals surface area contributed by atoms with Gasteiger partial charge in [-0.05, 0) is 6.07 Å². The quantitative estimate of drug-likeness (QED) is 0.797. The van der Waals surface area contributed by atoms with E-state index in [9.17, 15) is 4.79 Å². The summed E-state index contributed by atoms with van der Waals surface area (Å²) in [5.41, 5.74) is 6.30. The topological polar surface area (TPSA) is 61.5 Å². The van der Waals surface area contributed by atoms with Crippen LogP contribution in [0.1, 0.15) is 11.6 Å². The van der Waals surface area contributed by atoms with Crippen LogP contribution in [0.25, 0.3) is 0 Å². The SMILES string of the molecule is COC(=O)[C@H](N)c1ccccc1OC.Cl. The number of ether oxygens (including phenoxy) is 2. The van der Waals surface area contributed by atoms with Crippen molar-refractivity contribution in [3.05, 3.63) is 29.8 Å². The molecule has 0 bridgehead atoms. The number of carbonyl (C=O) groups is 1. The van der Waals surface area contributed by atoms with E-state index in [0.717, 1.165) is 0 Å². The van der Waals surface area contributed by atoms with Crippen molar-refractivity contribution < 1.29 is 14.3 Å². The molecule has 0 saturated heterocycles. The van der Waals surface area contributed by atoms with Crippen molar-refractivity contribution in [2.75, 3.05) is 14.2 Å². The second kappa shape index (κ2) is 6.27. The molecule has 84 valence electrons. The molecule has 0 aliphatic heterocycles. The molecule has 2 N–H and O–H groups in total. The summed E-state index contributed by atoms with van der Waals surface area (Å²) in [5.74, 6) is 0.111. The number of carbonyl (C=O) groups excluding carboxylic acids is 1. The molecule has 0 aliphatic rings. The number of benzene rings is 1. The van der Waals surface area contributed by atoms with Gasteiger partial charge in [-0.2, -0.15) is 0 Å². The Morgan fingerprint density at radius 2 is 1.93 bits per heavy atom. The summed E-state index contributed by atoms with van der Waals surface area (Å²) in [7, 11) is 2.83. The lowest BCUT2D eigenvalue weighted by Gasteiger charge is -2.12. The Morgan fingerprint density at radius 3 is 2.47 bits per heavy atom. The minimum absolute atomic E-state index is 0. The summed E-state index contributed by atoms with van der Waals surface area (Å²) < 4.78 is 9.62. The predicted octanol–water partition coefficient (Wildman–Crippen LogP) is 1.29. The van der Waals surface area contributed by atoms with Gasteiger partial charge >= 0.3 is 5.97 Å². The summed E-state index contributed by atoms with van der Waals surface area (Å²) in [6.07, 6.45) is 0. The zero-order chi connectivity index (χ0) is 10.6. The van der Waals surface area contributed by atoms with Gasteiger partial charge in [-0.3, -0.25) is 4.79 Å². The van der Waals surface area contributed by atoms with Gasteiger partial charge < -0.3 is 15.2 Å². The highest BCUT2D eigenvalue weighted by Crippen LogP contribution is 2.23. The van der Waals surface area contributed by atoms with Gasteiger partial charge in [0.15, 0.2) is 0 Å². The minimum atomic E-state index is -0.795. The van der Waals surface area contributed by atoms with E-state index in [2.05, 4.69) is 4.74 Å². The van der Waals surface area contributed by atoms with Crippen molar-refractivity contribution in [3.8, 4) is 5.75 Å². The zero-order valence-electron chi connectivity index (χ0n) is 8.60. The Morgan fingerprint density at radius 1 is 1.33 bits per heavy atom. The van der Waals surface area contributed by atoms with Gasteiger partial charge in [0.2, 0.25) is 0 Å². The van der Waals surface area contributed by atoms with Crippen LogP contribution in [-0.4, -0.2) is 20.2 Å². The molecule has 0 spiro atoms. The van der Waals surface area contributed by atoms with E-state index in [1.54, 1.807) is 18.2 Å². The molecular formula is C10H14ClNO3. The molecule has 15 heavy (non-hydrogen) atoms. The molecule has 1 rings (SSSR count). The van der Waals surface area contributed by atoms with Crippen LogP contribution < -0.4 is 10.5 Å². The molecule has 1 aromatic carbocycles. The molecule has 1 aromatic rings. The lowest BCUT2D eigenvalue weighted by atomic mass is 10.1. The van der Waals surface area contributed by atoms with E-state index in [1.807, 2.05) is 6.07 Å². The molecule has 0 saturated carbocycles. The maximum atomic E-state index is 11.2. The zero-order valence-corrected chi connectivity index (χ0v) is 9.41. The summed E-state index contributed by atoms with van der Waals surface area (Å²) >= 11 is 0. The molecule has 5 heteroatoms. The van der Waals surface area contributed by atoms with Crippen LogP contribution in [0.2, 0.25) is 0 Å². The molecular weight excluding hydrogens is 218 g/mol. The van der Waals surface area contributed by atoms with E-state index < -0.39 is 12.0 Å². The summed E-state index contributed by atoms with van der Waals surface area (Å²) in [6.45, 7) is 0. The van der Waals surface area contributed by atoms with Gasteiger partial charge in [-0.15, -0.1) is 12.4 Å². The van der Waals surface area contributed by atoms with Gasteiger partial charge in [0.05, 0.1) is 14.2 Å². The Labute approximate surface area is 94.8 Å². The summed E-state index contributed by atoms with van der Waals surface area (Å²) in [4.78, 5) is 11.2. The monoisotopic (exact) mass is 231 g/mol. The Bertz CT molecular complexity index is 330. The number of halogens is 1. The van der Waals surface area contributed by atoms with E-state index in [1.165, 1.54) is 14.2 Å². The van der Waals surface area contributed by atoms with Crippen molar-refractivity contribution in [1.82, 2.24) is 0 Å². The predicted molar refractivity (Wildman–Crippen MR) is 59.2 cm³/mol. The van der Waals surface area contributed by atoms with Gasteiger partial charge in [-0.25, -0.2) is 0 Å². The number of rotatable bonds is 3. The fraction of sp³-hybridized carbons (Fsp3) is 0.300. The molecule has 4 nitrogen and oxygen atoms in total. The van der Waals surface area contributed by atoms with Crippen LogP contribution in [0.4, 0.5) is 0 Å². The number of methoxy groups -OCH3 is 2. The van der Waals surface area contributed by atoms with Crippen LogP contribution in [0.3, 0.4) is 0 Å². The van der Waals surface area contributed by atoms with Gasteiger partial charge in [0.25, 0.3) is 0 Å². The second-order valence-corrected chi connectivity index (χ2v) is 2.74. The lowest BCUT2D eigenvalue weighted by Crippen LogP contribution is -2.23. The number of nitrogens with two attached hydrogens (primary N) is 1. The van der Waals surface area contributed by atoms with Crippen LogP contribution in [0.15, 0.2) is 24.3 Å². The van der Waals surface area contributed by atoms with E-state index >= 15 is 0 Å². The highest BCUT2D eigenvalue weighted by Gasteiger charge is 2.19. The van der Waals surface area contributed by atoms with Crippen molar-refractivity contribution in [1.29, 1.82) is 0 Å². The Balaban J connectivity index is 0.00000196. The lowest BCUT2D eigenvalue weighted by molar-refractivity contribution is -0.142. The van der Waals surface area contributed by atoms with E-state index in [-0.39, 0.29) is 12.4 Å². The van der Waals surface area contributed by atoms with Crippen LogP contribution in [0.5, 0.6) is 5.75 Å². The molecule has 0 aromatic heterocycles. The van der Waals surface area contributed by atoms with Crippen molar-refractivity contribution in [3.63, 3.8) is 0 Å². The molecule has 0 radical (unpaired) electrons. The standard InChI is InChI=1S/C10H13NO3.ClH/c1-13-8-6-4-3-5-7(8)9(11)10(12)14-2;/h3-6,9H,11H2,1-2H3;1H/t9-;/m1./s1. The van der Waals surface area contributed by atoms with E-state index in [4.69, 9.17) is 10.5 Å². The first-order valence-corrected chi connectivity index (χ1v) is 4.17. The molecule has 0 aliphatic carbocycles. The van der Waals surface area contributed by atoms with Gasteiger partial charge in [-0.1, -0.05) is 18.2 Å². The van der Waals surface area contributed by atoms with Crippen LogP contribution in [-0.2, 0) is 9.53 Å². The summed E-state index contributed by atoms with van der Waals surface area (Å²) in [5, 5.41) is 0. The molecule has 1 atom stereocenters. The maximum absolute atomic E-state index is 11.2. The third-order valence-electron chi connectivity index (χ3n) is 1.93. The average molecular weight is 232 g/mol. The minimum Gasteiger partial charge on any atom is -0.496 e. The van der Waals surface area contributed by atoms with Crippen LogP contribution in [0, 0.1) is 0 Å². The highest BCUT2D eigenvalue weighted by molar-refractivity contribution is 5.85. The maximum Gasteiger partial charge on any atom is 0.327 e. The first-order chi connectivity index (χ1) is 6.70. The third-order valence-corrected chi connectivity index (χ3v) is 1.93. The average Bonchev–Trinajstić information content (AvgIpc) is 2.26. The van der Waals surface area contributed by atoms with Gasteiger partial charge in [0, 0.05) is 5.56 Å². The number of para-hydroxylation sites is 1. The number of hydrogen-bond donors (Lipinski definition) is 1. The molecule has 0 heterocycles. The molecule has 0 unspecified atom stereocenters. The fourth-order valence-electron chi connectivity index (χ4n) is 1.18.